The smallest absolute Gasteiger partial charge is 0.174 e. The van der Waals surface area contributed by atoms with E-state index in [1.807, 2.05) is 19.1 Å². The molecule has 0 saturated heterocycles. The topological polar surface area (TPSA) is 51.0 Å². The zero-order valence-corrected chi connectivity index (χ0v) is 11.5. The fraction of sp³-hybridized carbons (Fsp3) is 0.455. The zero-order chi connectivity index (χ0) is 12.1. The van der Waals surface area contributed by atoms with Crippen molar-refractivity contribution in [2.75, 3.05) is 6.54 Å². The average molecular weight is 269 g/mol. The summed E-state index contributed by atoms with van der Waals surface area (Å²) in [7, 11) is 0. The van der Waals surface area contributed by atoms with E-state index in [0.717, 1.165) is 28.2 Å². The van der Waals surface area contributed by atoms with Gasteiger partial charge >= 0.3 is 0 Å². The molecule has 2 heterocycles. The van der Waals surface area contributed by atoms with Gasteiger partial charge < -0.3 is 9.73 Å². The molecule has 2 aromatic heterocycles. The lowest BCUT2D eigenvalue weighted by Gasteiger charge is -2.09. The molecule has 0 amide bonds. The second-order valence-corrected chi connectivity index (χ2v) is 6.59. The van der Waals surface area contributed by atoms with Gasteiger partial charge in [-0.15, -0.1) is 10.2 Å². The maximum atomic E-state index is 5.25. The summed E-state index contributed by atoms with van der Waals surface area (Å²) in [6.07, 6.45) is 1.69. The third-order valence-electron chi connectivity index (χ3n) is 2.12. The lowest BCUT2D eigenvalue weighted by Crippen LogP contribution is -2.21. The monoisotopic (exact) mass is 269 g/mol. The van der Waals surface area contributed by atoms with Gasteiger partial charge in [-0.25, -0.2) is 0 Å². The van der Waals surface area contributed by atoms with Gasteiger partial charge in [-0.3, -0.25) is 0 Å². The zero-order valence-electron chi connectivity index (χ0n) is 9.84. The molecule has 17 heavy (non-hydrogen) atoms. The second-order valence-electron chi connectivity index (χ2n) is 3.73. The standard InChI is InChI=1S/C11H15N3OS2/c1-8(16-11-14-13-9(2)17-11)6-12-7-10-4-3-5-15-10/h3-5,8,12H,6-7H2,1-2H3. The highest BCUT2D eigenvalue weighted by Crippen LogP contribution is 2.25. The van der Waals surface area contributed by atoms with Crippen LogP contribution in [0.5, 0.6) is 0 Å². The number of hydrogen-bond donors (Lipinski definition) is 1. The minimum atomic E-state index is 0.470. The summed E-state index contributed by atoms with van der Waals surface area (Å²) in [6, 6.07) is 3.87. The average Bonchev–Trinajstić information content (AvgIpc) is 2.90. The SMILES string of the molecule is Cc1nnc(SC(C)CNCc2ccco2)s1. The molecule has 1 atom stereocenters. The molecule has 0 aliphatic heterocycles. The summed E-state index contributed by atoms with van der Waals surface area (Å²) in [5, 5.41) is 12.9. The molecule has 0 saturated carbocycles. The van der Waals surface area contributed by atoms with E-state index < -0.39 is 0 Å². The molecule has 1 N–H and O–H groups in total. The molecule has 0 aliphatic rings. The van der Waals surface area contributed by atoms with E-state index in [-0.39, 0.29) is 0 Å². The van der Waals surface area contributed by atoms with E-state index in [4.69, 9.17) is 4.42 Å². The highest BCUT2D eigenvalue weighted by molar-refractivity contribution is 8.01. The Kier molecular flexibility index (Phi) is 4.58. The van der Waals surface area contributed by atoms with Gasteiger partial charge in [0.2, 0.25) is 0 Å². The molecule has 2 aromatic rings. The second kappa shape index (κ2) is 6.18. The molecule has 92 valence electrons. The van der Waals surface area contributed by atoms with Gasteiger partial charge in [0.05, 0.1) is 12.8 Å². The van der Waals surface area contributed by atoms with Crippen LogP contribution >= 0.6 is 23.1 Å². The van der Waals surface area contributed by atoms with E-state index >= 15 is 0 Å². The Morgan fingerprint density at radius 3 is 3.06 bits per heavy atom. The van der Waals surface area contributed by atoms with E-state index in [9.17, 15) is 0 Å². The fourth-order valence-corrected chi connectivity index (χ4v) is 3.45. The van der Waals surface area contributed by atoms with Crippen LogP contribution in [0, 0.1) is 6.92 Å². The minimum Gasteiger partial charge on any atom is -0.468 e. The van der Waals surface area contributed by atoms with Gasteiger partial charge in [0.1, 0.15) is 10.8 Å². The molecule has 4 nitrogen and oxygen atoms in total. The van der Waals surface area contributed by atoms with Crippen LogP contribution in [0.4, 0.5) is 0 Å². The predicted octanol–water partition coefficient (Wildman–Crippen LogP) is 2.71. The van der Waals surface area contributed by atoms with Crippen molar-refractivity contribution < 1.29 is 4.42 Å². The number of aryl methyl sites for hydroxylation is 1. The van der Waals surface area contributed by atoms with Gasteiger partial charge in [-0.2, -0.15) is 0 Å². The number of thioether (sulfide) groups is 1. The summed E-state index contributed by atoms with van der Waals surface area (Å²) in [4.78, 5) is 0. The van der Waals surface area contributed by atoms with Gasteiger partial charge in [-0.1, -0.05) is 30.0 Å². The van der Waals surface area contributed by atoms with Crippen molar-refractivity contribution in [1.82, 2.24) is 15.5 Å². The first-order chi connectivity index (χ1) is 8.24. The quantitative estimate of drug-likeness (QED) is 0.817. The molecule has 0 aromatic carbocycles. The molecule has 0 fully saturated rings. The molecule has 6 heteroatoms. The number of aromatic nitrogens is 2. The number of furan rings is 1. The largest absolute Gasteiger partial charge is 0.468 e. The van der Waals surface area contributed by atoms with Gasteiger partial charge in [-0.05, 0) is 19.1 Å². The maximum Gasteiger partial charge on any atom is 0.174 e. The summed E-state index contributed by atoms with van der Waals surface area (Å²) in [6.45, 7) is 5.84. The van der Waals surface area contributed by atoms with Crippen LogP contribution in [0.2, 0.25) is 0 Å². The van der Waals surface area contributed by atoms with Crippen molar-refractivity contribution in [3.05, 3.63) is 29.2 Å². The summed E-state index contributed by atoms with van der Waals surface area (Å²) >= 11 is 3.40. The van der Waals surface area contributed by atoms with Crippen LogP contribution in [0.15, 0.2) is 27.2 Å². The molecule has 0 spiro atoms. The Balaban J connectivity index is 1.69. The van der Waals surface area contributed by atoms with Crippen molar-refractivity contribution in [1.29, 1.82) is 0 Å². The van der Waals surface area contributed by atoms with Gasteiger partial charge in [0.25, 0.3) is 0 Å². The first-order valence-electron chi connectivity index (χ1n) is 5.44. The van der Waals surface area contributed by atoms with E-state index in [0.29, 0.717) is 5.25 Å². The summed E-state index contributed by atoms with van der Waals surface area (Å²) < 4.78 is 6.28. The summed E-state index contributed by atoms with van der Waals surface area (Å²) in [5.74, 6) is 0.967. The highest BCUT2D eigenvalue weighted by atomic mass is 32.2. The van der Waals surface area contributed by atoms with Crippen LogP contribution in [0.1, 0.15) is 17.7 Å². The molecule has 2 rings (SSSR count). The lowest BCUT2D eigenvalue weighted by molar-refractivity contribution is 0.484. The lowest BCUT2D eigenvalue weighted by atomic mass is 10.4. The Hall–Kier alpha value is -0.850. The fourth-order valence-electron chi connectivity index (χ4n) is 1.35. The molecule has 1 unspecified atom stereocenters. The van der Waals surface area contributed by atoms with Gasteiger partial charge in [0.15, 0.2) is 4.34 Å². The molecular weight excluding hydrogens is 254 g/mol. The molecular formula is C11H15N3OS2. The Morgan fingerprint density at radius 2 is 2.41 bits per heavy atom. The minimum absolute atomic E-state index is 0.470. The third-order valence-corrected chi connectivity index (χ3v) is 4.14. The number of hydrogen-bond acceptors (Lipinski definition) is 6. The maximum absolute atomic E-state index is 5.25. The van der Waals surface area contributed by atoms with Crippen molar-refractivity contribution in [3.63, 3.8) is 0 Å². The molecule has 0 radical (unpaired) electrons. The van der Waals surface area contributed by atoms with Crippen LogP contribution in [0.3, 0.4) is 0 Å². The van der Waals surface area contributed by atoms with Crippen LogP contribution in [-0.4, -0.2) is 22.0 Å². The number of rotatable bonds is 6. The first-order valence-corrected chi connectivity index (χ1v) is 7.13. The van der Waals surface area contributed by atoms with Crippen molar-refractivity contribution in [3.8, 4) is 0 Å². The van der Waals surface area contributed by atoms with E-state index in [1.54, 1.807) is 29.4 Å². The van der Waals surface area contributed by atoms with Crippen molar-refractivity contribution in [2.24, 2.45) is 0 Å². The third kappa shape index (κ3) is 4.14. The number of nitrogens with one attached hydrogen (secondary N) is 1. The Labute approximate surface area is 109 Å². The van der Waals surface area contributed by atoms with Crippen LogP contribution in [-0.2, 0) is 6.54 Å². The molecule has 0 bridgehead atoms. The number of nitrogens with zero attached hydrogens (tertiary/aromatic N) is 2. The van der Waals surface area contributed by atoms with Crippen LogP contribution < -0.4 is 5.32 Å². The first kappa shape index (κ1) is 12.6. The summed E-state index contributed by atoms with van der Waals surface area (Å²) in [5.41, 5.74) is 0. The van der Waals surface area contributed by atoms with Crippen molar-refractivity contribution >= 4 is 23.1 Å². The molecule has 0 aliphatic carbocycles. The Morgan fingerprint density at radius 1 is 1.53 bits per heavy atom. The highest BCUT2D eigenvalue weighted by Gasteiger charge is 2.08. The predicted molar refractivity (Wildman–Crippen MR) is 70.4 cm³/mol. The van der Waals surface area contributed by atoms with Gasteiger partial charge in [0, 0.05) is 11.8 Å². The van der Waals surface area contributed by atoms with Crippen LogP contribution in [0.25, 0.3) is 0 Å². The Bertz CT molecular complexity index is 441. The van der Waals surface area contributed by atoms with E-state index in [1.165, 1.54) is 0 Å². The normalized spacial score (nSPS) is 12.8. The van der Waals surface area contributed by atoms with Crippen molar-refractivity contribution in [2.45, 2.75) is 30.0 Å². The van der Waals surface area contributed by atoms with E-state index in [2.05, 4.69) is 22.4 Å².